The zero-order chi connectivity index (χ0) is 18.5. The van der Waals surface area contributed by atoms with Gasteiger partial charge in [-0.15, -0.1) is 0 Å². The van der Waals surface area contributed by atoms with Crippen molar-refractivity contribution in [3.8, 4) is 5.75 Å². The molecule has 1 aliphatic carbocycles. The summed E-state index contributed by atoms with van der Waals surface area (Å²) in [6, 6.07) is 8.11. The summed E-state index contributed by atoms with van der Waals surface area (Å²) in [5.74, 6) is 0.598. The number of carbonyl (C=O) groups excluding carboxylic acids is 1. The number of carboxylic acids is 1. The van der Waals surface area contributed by atoms with Crippen molar-refractivity contribution in [2.75, 3.05) is 20.2 Å². The fourth-order valence-corrected chi connectivity index (χ4v) is 4.03. The van der Waals surface area contributed by atoms with Crippen molar-refractivity contribution in [3.63, 3.8) is 0 Å². The second-order valence-corrected chi connectivity index (χ2v) is 7.65. The average molecular weight is 359 g/mol. The van der Waals surface area contributed by atoms with Crippen molar-refractivity contribution in [3.05, 3.63) is 29.8 Å². The van der Waals surface area contributed by atoms with E-state index < -0.39 is 5.97 Å². The van der Waals surface area contributed by atoms with Crippen molar-refractivity contribution in [2.24, 2.45) is 17.8 Å². The number of ether oxygens (including phenoxy) is 1. The number of methoxy groups -OCH3 is 1. The Kier molecular flexibility index (Phi) is 6.17. The average Bonchev–Trinajstić information content (AvgIpc) is 3.39. The molecular weight excluding hydrogens is 330 g/mol. The van der Waals surface area contributed by atoms with Crippen LogP contribution in [0.15, 0.2) is 24.3 Å². The van der Waals surface area contributed by atoms with Gasteiger partial charge in [0.05, 0.1) is 13.0 Å². The van der Waals surface area contributed by atoms with Crippen LogP contribution in [-0.2, 0) is 16.0 Å². The third-order valence-corrected chi connectivity index (χ3v) is 5.78. The highest BCUT2D eigenvalue weighted by Gasteiger charge is 2.46. The van der Waals surface area contributed by atoms with E-state index in [0.717, 1.165) is 44.3 Å². The molecule has 0 aromatic heterocycles. The first-order valence-electron chi connectivity index (χ1n) is 9.72. The first-order valence-corrected chi connectivity index (χ1v) is 9.72. The lowest BCUT2D eigenvalue weighted by atomic mass is 9.92. The molecule has 0 spiro atoms. The van der Waals surface area contributed by atoms with E-state index in [-0.39, 0.29) is 17.7 Å². The Labute approximate surface area is 155 Å². The van der Waals surface area contributed by atoms with Crippen LogP contribution in [0.1, 0.15) is 44.1 Å². The van der Waals surface area contributed by atoms with E-state index in [1.165, 1.54) is 5.56 Å². The number of hydrogen-bond acceptors (Lipinski definition) is 3. The van der Waals surface area contributed by atoms with Gasteiger partial charge in [-0.1, -0.05) is 18.6 Å². The second-order valence-electron chi connectivity index (χ2n) is 7.65. The van der Waals surface area contributed by atoms with Gasteiger partial charge in [-0.3, -0.25) is 9.59 Å². The summed E-state index contributed by atoms with van der Waals surface area (Å²) in [5, 5.41) is 9.40. The standard InChI is InChI=1S/C21H29NO4/c1-26-17-11-7-15(8-12-17)5-3-2-4-6-20(23)22-13-18(16-9-10-16)19(14-22)21(24)25/h7-8,11-12,16,18-19H,2-6,9-10,13-14H2,1H3,(H,24,25)/t18-,19+/m1/s1. The number of unbranched alkanes of at least 4 members (excludes halogenated alkanes) is 2. The summed E-state index contributed by atoms with van der Waals surface area (Å²) in [6.07, 6.45) is 6.74. The molecule has 26 heavy (non-hydrogen) atoms. The van der Waals surface area contributed by atoms with Crippen LogP contribution in [0.2, 0.25) is 0 Å². The predicted molar refractivity (Wildman–Crippen MR) is 99.1 cm³/mol. The van der Waals surface area contributed by atoms with Gasteiger partial charge in [0, 0.05) is 19.5 Å². The van der Waals surface area contributed by atoms with Gasteiger partial charge < -0.3 is 14.7 Å². The fourth-order valence-electron chi connectivity index (χ4n) is 4.03. The smallest absolute Gasteiger partial charge is 0.308 e. The zero-order valence-corrected chi connectivity index (χ0v) is 15.5. The molecule has 1 aromatic rings. The molecule has 2 fully saturated rings. The maximum Gasteiger partial charge on any atom is 0.308 e. The summed E-state index contributed by atoms with van der Waals surface area (Å²) < 4.78 is 5.16. The van der Waals surface area contributed by atoms with Crippen molar-refractivity contribution in [1.29, 1.82) is 0 Å². The lowest BCUT2D eigenvalue weighted by Crippen LogP contribution is -2.29. The van der Waals surface area contributed by atoms with Crippen LogP contribution in [0.3, 0.4) is 0 Å². The fraction of sp³-hybridized carbons (Fsp3) is 0.619. The maximum absolute atomic E-state index is 12.4. The zero-order valence-electron chi connectivity index (χ0n) is 15.5. The largest absolute Gasteiger partial charge is 0.497 e. The number of aryl methyl sites for hydroxylation is 1. The van der Waals surface area contributed by atoms with Gasteiger partial charge in [-0.2, -0.15) is 0 Å². The van der Waals surface area contributed by atoms with Crippen LogP contribution in [0.4, 0.5) is 0 Å². The number of aliphatic carboxylic acids is 1. The maximum atomic E-state index is 12.4. The predicted octanol–water partition coefficient (Wildman–Crippen LogP) is 3.37. The molecule has 1 aliphatic heterocycles. The quantitative estimate of drug-likeness (QED) is 0.687. The van der Waals surface area contributed by atoms with E-state index in [1.54, 1.807) is 12.0 Å². The molecule has 0 radical (unpaired) electrons. The van der Waals surface area contributed by atoms with Crippen molar-refractivity contribution < 1.29 is 19.4 Å². The number of carbonyl (C=O) groups is 2. The SMILES string of the molecule is COc1ccc(CCCCCC(=O)N2C[C@H](C(=O)O)[C@@H](C3CC3)C2)cc1. The lowest BCUT2D eigenvalue weighted by Gasteiger charge is -2.16. The molecule has 1 saturated carbocycles. The van der Waals surface area contributed by atoms with Gasteiger partial charge in [0.25, 0.3) is 0 Å². The van der Waals surface area contributed by atoms with Crippen LogP contribution in [0.5, 0.6) is 5.75 Å². The molecule has 1 aromatic carbocycles. The number of likely N-dealkylation sites (tertiary alicyclic amines) is 1. The van der Waals surface area contributed by atoms with Crippen LogP contribution in [0.25, 0.3) is 0 Å². The first kappa shape index (κ1) is 18.7. The monoisotopic (exact) mass is 359 g/mol. The number of hydrogen-bond donors (Lipinski definition) is 1. The Hall–Kier alpha value is -2.04. The van der Waals surface area contributed by atoms with Gasteiger partial charge in [0.2, 0.25) is 5.91 Å². The number of amides is 1. The Bertz CT molecular complexity index is 623. The van der Waals surface area contributed by atoms with E-state index in [0.29, 0.717) is 25.4 Å². The third kappa shape index (κ3) is 4.77. The van der Waals surface area contributed by atoms with E-state index in [1.807, 2.05) is 12.1 Å². The summed E-state index contributed by atoms with van der Waals surface area (Å²) in [7, 11) is 1.66. The Morgan fingerprint density at radius 1 is 1.12 bits per heavy atom. The van der Waals surface area contributed by atoms with E-state index in [4.69, 9.17) is 4.74 Å². The normalized spacial score (nSPS) is 22.4. The molecule has 1 amide bonds. The highest BCUT2D eigenvalue weighted by atomic mass is 16.5. The highest BCUT2D eigenvalue weighted by molar-refractivity contribution is 5.79. The lowest BCUT2D eigenvalue weighted by molar-refractivity contribution is -0.142. The molecule has 5 nitrogen and oxygen atoms in total. The molecule has 1 saturated heterocycles. The Morgan fingerprint density at radius 2 is 1.85 bits per heavy atom. The number of nitrogens with zero attached hydrogens (tertiary/aromatic N) is 1. The summed E-state index contributed by atoms with van der Waals surface area (Å²) in [4.78, 5) is 25.7. The van der Waals surface area contributed by atoms with Crippen LogP contribution in [-0.4, -0.2) is 42.1 Å². The van der Waals surface area contributed by atoms with Crippen molar-refractivity contribution >= 4 is 11.9 Å². The van der Waals surface area contributed by atoms with E-state index >= 15 is 0 Å². The molecule has 1 heterocycles. The Balaban J connectivity index is 1.35. The summed E-state index contributed by atoms with van der Waals surface area (Å²) >= 11 is 0. The van der Waals surface area contributed by atoms with E-state index in [9.17, 15) is 14.7 Å². The minimum atomic E-state index is -0.739. The Morgan fingerprint density at radius 3 is 2.46 bits per heavy atom. The van der Waals surface area contributed by atoms with Gasteiger partial charge >= 0.3 is 5.97 Å². The molecule has 142 valence electrons. The second kappa shape index (κ2) is 8.56. The van der Waals surface area contributed by atoms with Crippen LogP contribution < -0.4 is 4.74 Å². The van der Waals surface area contributed by atoms with Crippen molar-refractivity contribution in [1.82, 2.24) is 4.90 Å². The minimum absolute atomic E-state index is 0.129. The molecule has 0 bridgehead atoms. The van der Waals surface area contributed by atoms with Gasteiger partial charge in [-0.25, -0.2) is 0 Å². The molecule has 1 N–H and O–H groups in total. The summed E-state index contributed by atoms with van der Waals surface area (Å²) in [5.41, 5.74) is 1.29. The summed E-state index contributed by atoms with van der Waals surface area (Å²) in [6.45, 7) is 1.05. The molecule has 3 rings (SSSR count). The van der Waals surface area contributed by atoms with Gasteiger partial charge in [0.15, 0.2) is 0 Å². The number of carboxylic acid groups (broad SMARTS) is 1. The first-order chi connectivity index (χ1) is 12.6. The highest BCUT2D eigenvalue weighted by Crippen LogP contribution is 2.44. The molecule has 2 atom stereocenters. The topological polar surface area (TPSA) is 66.8 Å². The number of rotatable bonds is 9. The van der Waals surface area contributed by atoms with Crippen molar-refractivity contribution in [2.45, 2.75) is 44.9 Å². The molecule has 2 aliphatic rings. The van der Waals surface area contributed by atoms with E-state index in [2.05, 4.69) is 12.1 Å². The molecular formula is C21H29NO4. The molecule has 0 unspecified atom stereocenters. The molecule has 5 heteroatoms. The van der Waals surface area contributed by atoms with Gasteiger partial charge in [0.1, 0.15) is 5.75 Å². The minimum Gasteiger partial charge on any atom is -0.497 e. The number of benzene rings is 1. The van der Waals surface area contributed by atoms with Gasteiger partial charge in [-0.05, 0) is 61.6 Å². The van der Waals surface area contributed by atoms with Crippen LogP contribution >= 0.6 is 0 Å². The third-order valence-electron chi connectivity index (χ3n) is 5.78. The van der Waals surface area contributed by atoms with Crippen LogP contribution in [0, 0.1) is 17.8 Å².